The summed E-state index contributed by atoms with van der Waals surface area (Å²) in [6.45, 7) is 4.32. The molecule has 0 aliphatic carbocycles. The summed E-state index contributed by atoms with van der Waals surface area (Å²) in [5.41, 5.74) is 5.06. The zero-order chi connectivity index (χ0) is 13.4. The highest BCUT2D eigenvalue weighted by molar-refractivity contribution is 5.93. The SMILES string of the molecule is CC(C)c1ccc2c(c1)NC(O)/C2=C\c1cnc[nH]1. The maximum Gasteiger partial charge on any atom is 0.151 e. The van der Waals surface area contributed by atoms with Crippen molar-refractivity contribution in [1.29, 1.82) is 0 Å². The number of aromatic amines is 1. The van der Waals surface area contributed by atoms with Crippen LogP contribution in [0.25, 0.3) is 11.6 Å². The molecule has 0 bridgehead atoms. The highest BCUT2D eigenvalue weighted by Crippen LogP contribution is 2.37. The number of aliphatic hydroxyl groups is 1. The van der Waals surface area contributed by atoms with Gasteiger partial charge in [-0.3, -0.25) is 0 Å². The lowest BCUT2D eigenvalue weighted by molar-refractivity contribution is 0.266. The van der Waals surface area contributed by atoms with Crippen molar-refractivity contribution in [2.75, 3.05) is 5.32 Å². The first-order valence-corrected chi connectivity index (χ1v) is 6.44. The fourth-order valence-electron chi connectivity index (χ4n) is 2.33. The summed E-state index contributed by atoms with van der Waals surface area (Å²) < 4.78 is 0. The van der Waals surface area contributed by atoms with Crippen LogP contribution in [0.1, 0.15) is 36.6 Å². The summed E-state index contributed by atoms with van der Waals surface area (Å²) in [5, 5.41) is 13.2. The topological polar surface area (TPSA) is 60.9 Å². The number of hydrogen-bond donors (Lipinski definition) is 3. The van der Waals surface area contributed by atoms with Gasteiger partial charge in [-0.25, -0.2) is 4.98 Å². The minimum absolute atomic E-state index is 0.477. The van der Waals surface area contributed by atoms with Crippen molar-refractivity contribution in [2.45, 2.75) is 26.0 Å². The number of H-pyrrole nitrogens is 1. The number of nitrogens with one attached hydrogen (secondary N) is 2. The van der Waals surface area contributed by atoms with Crippen LogP contribution in [0.15, 0.2) is 30.7 Å². The summed E-state index contributed by atoms with van der Waals surface area (Å²) in [6, 6.07) is 6.29. The highest BCUT2D eigenvalue weighted by Gasteiger charge is 2.24. The van der Waals surface area contributed by atoms with Gasteiger partial charge in [-0.2, -0.15) is 0 Å². The molecule has 0 fully saturated rings. The third-order valence-electron chi connectivity index (χ3n) is 3.44. The van der Waals surface area contributed by atoms with Crippen LogP contribution in [0, 0.1) is 0 Å². The molecule has 98 valence electrons. The molecule has 1 unspecified atom stereocenters. The summed E-state index contributed by atoms with van der Waals surface area (Å²) in [5.74, 6) is 0.477. The lowest BCUT2D eigenvalue weighted by Crippen LogP contribution is -2.12. The number of imidazole rings is 1. The van der Waals surface area contributed by atoms with E-state index < -0.39 is 6.23 Å². The predicted octanol–water partition coefficient (Wildman–Crippen LogP) is 2.82. The van der Waals surface area contributed by atoms with E-state index in [-0.39, 0.29) is 0 Å². The third-order valence-corrected chi connectivity index (χ3v) is 3.44. The van der Waals surface area contributed by atoms with Gasteiger partial charge in [0.15, 0.2) is 6.23 Å². The van der Waals surface area contributed by atoms with E-state index in [0.717, 1.165) is 22.5 Å². The van der Waals surface area contributed by atoms with E-state index in [1.54, 1.807) is 12.5 Å². The first-order chi connectivity index (χ1) is 9.15. The van der Waals surface area contributed by atoms with Crippen LogP contribution in [0.5, 0.6) is 0 Å². The Morgan fingerprint density at radius 3 is 2.89 bits per heavy atom. The lowest BCUT2D eigenvalue weighted by Gasteiger charge is -2.07. The van der Waals surface area contributed by atoms with Gasteiger partial charge >= 0.3 is 0 Å². The highest BCUT2D eigenvalue weighted by atomic mass is 16.3. The maximum atomic E-state index is 10.1. The summed E-state index contributed by atoms with van der Waals surface area (Å²) in [6.07, 6.45) is 4.62. The Hall–Kier alpha value is -2.07. The molecule has 0 saturated carbocycles. The van der Waals surface area contributed by atoms with Gasteiger partial charge in [0, 0.05) is 16.8 Å². The number of aliphatic hydroxyl groups excluding tert-OH is 1. The molecule has 2 heterocycles. The second-order valence-corrected chi connectivity index (χ2v) is 5.11. The number of hydrogen-bond acceptors (Lipinski definition) is 3. The molecule has 1 aromatic carbocycles. The van der Waals surface area contributed by atoms with Gasteiger partial charge in [-0.1, -0.05) is 26.0 Å². The molecule has 2 aromatic rings. The van der Waals surface area contributed by atoms with Gasteiger partial charge in [-0.05, 0) is 23.6 Å². The van der Waals surface area contributed by atoms with Gasteiger partial charge in [0.2, 0.25) is 0 Å². The van der Waals surface area contributed by atoms with Crippen molar-refractivity contribution >= 4 is 17.3 Å². The monoisotopic (exact) mass is 255 g/mol. The number of fused-ring (bicyclic) bond motifs is 1. The first-order valence-electron chi connectivity index (χ1n) is 6.44. The lowest BCUT2D eigenvalue weighted by atomic mass is 9.98. The van der Waals surface area contributed by atoms with Crippen molar-refractivity contribution < 1.29 is 5.11 Å². The van der Waals surface area contributed by atoms with Crippen molar-refractivity contribution in [1.82, 2.24) is 9.97 Å². The smallest absolute Gasteiger partial charge is 0.151 e. The molecular weight excluding hydrogens is 238 g/mol. The second kappa shape index (κ2) is 4.55. The number of benzene rings is 1. The maximum absolute atomic E-state index is 10.1. The van der Waals surface area contributed by atoms with Crippen LogP contribution in [0.3, 0.4) is 0 Å². The van der Waals surface area contributed by atoms with Crippen LogP contribution < -0.4 is 5.32 Å². The van der Waals surface area contributed by atoms with Gasteiger partial charge < -0.3 is 15.4 Å². The Bertz CT molecular complexity index is 614. The number of aromatic nitrogens is 2. The predicted molar refractivity (Wildman–Crippen MR) is 76.6 cm³/mol. The fraction of sp³-hybridized carbons (Fsp3) is 0.267. The molecule has 1 aromatic heterocycles. The minimum atomic E-state index is -0.666. The Morgan fingerprint density at radius 1 is 1.37 bits per heavy atom. The van der Waals surface area contributed by atoms with Gasteiger partial charge in [-0.15, -0.1) is 0 Å². The van der Waals surface area contributed by atoms with E-state index in [1.165, 1.54) is 5.56 Å². The van der Waals surface area contributed by atoms with Gasteiger partial charge in [0.1, 0.15) is 0 Å². The first kappa shape index (κ1) is 12.0. The molecular formula is C15H17N3O. The van der Waals surface area contributed by atoms with Crippen molar-refractivity contribution in [3.05, 3.63) is 47.5 Å². The van der Waals surface area contributed by atoms with Crippen LogP contribution in [0.2, 0.25) is 0 Å². The van der Waals surface area contributed by atoms with E-state index in [1.807, 2.05) is 6.08 Å². The molecule has 4 nitrogen and oxygen atoms in total. The van der Waals surface area contributed by atoms with E-state index in [4.69, 9.17) is 0 Å². The third kappa shape index (κ3) is 2.15. The van der Waals surface area contributed by atoms with E-state index in [0.29, 0.717) is 5.92 Å². The Labute approximate surface area is 112 Å². The largest absolute Gasteiger partial charge is 0.369 e. The van der Waals surface area contributed by atoms with E-state index in [9.17, 15) is 5.11 Å². The molecule has 1 aliphatic heterocycles. The zero-order valence-corrected chi connectivity index (χ0v) is 11.0. The van der Waals surface area contributed by atoms with Crippen molar-refractivity contribution in [3.8, 4) is 0 Å². The fourth-order valence-corrected chi connectivity index (χ4v) is 2.33. The van der Waals surface area contributed by atoms with Crippen LogP contribution in [-0.2, 0) is 0 Å². The molecule has 1 aliphatic rings. The number of nitrogens with zero attached hydrogens (tertiary/aromatic N) is 1. The Kier molecular flexibility index (Phi) is 2.87. The number of rotatable bonds is 2. The minimum Gasteiger partial charge on any atom is -0.369 e. The quantitative estimate of drug-likeness (QED) is 0.773. The van der Waals surface area contributed by atoms with Crippen molar-refractivity contribution in [2.24, 2.45) is 0 Å². The zero-order valence-electron chi connectivity index (χ0n) is 11.0. The summed E-state index contributed by atoms with van der Waals surface area (Å²) in [4.78, 5) is 7.00. The Morgan fingerprint density at radius 2 is 2.21 bits per heavy atom. The van der Waals surface area contributed by atoms with E-state index in [2.05, 4.69) is 47.3 Å². The van der Waals surface area contributed by atoms with Gasteiger partial charge in [0.05, 0.1) is 18.2 Å². The molecule has 3 rings (SSSR count). The molecule has 19 heavy (non-hydrogen) atoms. The molecule has 0 amide bonds. The molecule has 1 atom stereocenters. The van der Waals surface area contributed by atoms with Gasteiger partial charge in [0.25, 0.3) is 0 Å². The number of anilines is 1. The molecule has 0 spiro atoms. The molecule has 3 N–H and O–H groups in total. The summed E-state index contributed by atoms with van der Waals surface area (Å²) >= 11 is 0. The standard InChI is InChI=1S/C15H17N3O/c1-9(2)10-3-4-12-13(6-11-7-16-8-17-11)15(19)18-14(12)5-10/h3-9,15,18-19H,1-2H3,(H,16,17)/b13-6-. The summed E-state index contributed by atoms with van der Waals surface area (Å²) in [7, 11) is 0. The van der Waals surface area contributed by atoms with Crippen LogP contribution in [0.4, 0.5) is 5.69 Å². The Balaban J connectivity index is 2.03. The van der Waals surface area contributed by atoms with Crippen LogP contribution in [-0.4, -0.2) is 21.3 Å². The average Bonchev–Trinajstić information content (AvgIpc) is 2.98. The average molecular weight is 255 g/mol. The second-order valence-electron chi connectivity index (χ2n) is 5.11. The van der Waals surface area contributed by atoms with E-state index >= 15 is 0 Å². The molecule has 0 saturated heterocycles. The van der Waals surface area contributed by atoms with Crippen molar-refractivity contribution in [3.63, 3.8) is 0 Å². The normalized spacial score (nSPS) is 19.8. The molecule has 4 heteroatoms. The van der Waals surface area contributed by atoms with Crippen LogP contribution >= 0.6 is 0 Å². The molecule has 0 radical (unpaired) electrons.